The summed E-state index contributed by atoms with van der Waals surface area (Å²) in [7, 11) is 0. The van der Waals surface area contributed by atoms with Crippen LogP contribution in [0.3, 0.4) is 0 Å². The normalized spacial score (nSPS) is 16.2. The molecule has 20 heavy (non-hydrogen) atoms. The Labute approximate surface area is 118 Å². The van der Waals surface area contributed by atoms with Crippen LogP contribution in [0.1, 0.15) is 19.3 Å². The molecule has 0 radical (unpaired) electrons. The van der Waals surface area contributed by atoms with Crippen LogP contribution in [0.25, 0.3) is 10.9 Å². The van der Waals surface area contributed by atoms with Gasteiger partial charge in [0.25, 0.3) is 0 Å². The first-order chi connectivity index (χ1) is 9.86. The van der Waals surface area contributed by atoms with Gasteiger partial charge >= 0.3 is 0 Å². The van der Waals surface area contributed by atoms with Crippen molar-refractivity contribution in [2.75, 3.05) is 13.2 Å². The number of aliphatic hydroxyl groups excluding tert-OH is 1. The van der Waals surface area contributed by atoms with Crippen LogP contribution in [0.5, 0.6) is 5.75 Å². The zero-order valence-corrected chi connectivity index (χ0v) is 11.5. The summed E-state index contributed by atoms with van der Waals surface area (Å²) in [6, 6.07) is 10.6. The molecule has 1 saturated carbocycles. The fraction of sp³-hybridized carbons (Fsp3) is 0.438. The molecule has 0 bridgehead atoms. The molecule has 1 heterocycles. The number of benzene rings is 1. The number of rotatable bonds is 7. The Morgan fingerprint density at radius 1 is 1.30 bits per heavy atom. The summed E-state index contributed by atoms with van der Waals surface area (Å²) in [4.78, 5) is 4.37. The third kappa shape index (κ3) is 3.26. The van der Waals surface area contributed by atoms with Crippen molar-refractivity contribution in [3.05, 3.63) is 36.5 Å². The van der Waals surface area contributed by atoms with E-state index in [1.807, 2.05) is 30.3 Å². The maximum atomic E-state index is 9.34. The van der Waals surface area contributed by atoms with Crippen molar-refractivity contribution in [1.29, 1.82) is 0 Å². The van der Waals surface area contributed by atoms with E-state index in [1.54, 1.807) is 6.20 Å². The highest BCUT2D eigenvalue weighted by atomic mass is 16.5. The zero-order chi connectivity index (χ0) is 13.8. The maximum Gasteiger partial charge on any atom is 0.145 e. The first-order valence-corrected chi connectivity index (χ1v) is 7.20. The lowest BCUT2D eigenvalue weighted by atomic mass is 10.2. The van der Waals surface area contributed by atoms with Gasteiger partial charge in [-0.05, 0) is 31.4 Å². The molecule has 0 aliphatic heterocycles. The summed E-state index contributed by atoms with van der Waals surface area (Å²) in [5, 5.41) is 13.8. The largest absolute Gasteiger partial charge is 0.491 e. The molecule has 0 saturated heterocycles. The van der Waals surface area contributed by atoms with Gasteiger partial charge in [0, 0.05) is 23.7 Å². The highest BCUT2D eigenvalue weighted by molar-refractivity contribution is 5.84. The summed E-state index contributed by atoms with van der Waals surface area (Å²) in [6.45, 7) is 0.744. The van der Waals surface area contributed by atoms with Crippen molar-refractivity contribution in [2.24, 2.45) is 0 Å². The minimum Gasteiger partial charge on any atom is -0.491 e. The van der Waals surface area contributed by atoms with Gasteiger partial charge in [0.15, 0.2) is 0 Å². The van der Waals surface area contributed by atoms with Crippen molar-refractivity contribution in [2.45, 2.75) is 31.3 Å². The molecule has 1 atom stereocenters. The van der Waals surface area contributed by atoms with E-state index >= 15 is 0 Å². The second-order valence-corrected chi connectivity index (χ2v) is 5.29. The summed E-state index contributed by atoms with van der Waals surface area (Å²) < 4.78 is 5.84. The number of ether oxygens (including phenoxy) is 1. The van der Waals surface area contributed by atoms with Crippen LogP contribution in [-0.2, 0) is 0 Å². The summed E-state index contributed by atoms with van der Waals surface area (Å²) in [6.07, 6.45) is 5.03. The number of hydrogen-bond acceptors (Lipinski definition) is 4. The van der Waals surface area contributed by atoms with Gasteiger partial charge in [-0.2, -0.15) is 0 Å². The highest BCUT2D eigenvalue weighted by Gasteiger charge is 2.24. The molecule has 3 rings (SSSR count). The Balaban J connectivity index is 1.58. The van der Waals surface area contributed by atoms with E-state index in [0.29, 0.717) is 12.6 Å². The van der Waals surface area contributed by atoms with Crippen LogP contribution in [0.2, 0.25) is 0 Å². The topological polar surface area (TPSA) is 54.4 Å². The minimum absolute atomic E-state index is 0.130. The van der Waals surface area contributed by atoms with Gasteiger partial charge in [0.2, 0.25) is 0 Å². The van der Waals surface area contributed by atoms with Crippen LogP contribution < -0.4 is 10.1 Å². The molecular weight excluding hydrogens is 252 g/mol. The SMILES string of the molecule is OCC(CCOc1cccc2cccnc12)NC1CC1. The molecule has 2 aromatic rings. The van der Waals surface area contributed by atoms with Crippen molar-refractivity contribution < 1.29 is 9.84 Å². The van der Waals surface area contributed by atoms with Gasteiger partial charge in [-0.3, -0.25) is 4.98 Å². The molecule has 2 N–H and O–H groups in total. The number of hydrogen-bond donors (Lipinski definition) is 2. The second kappa shape index (κ2) is 6.20. The Bertz CT molecular complexity index is 564. The Morgan fingerprint density at radius 2 is 2.15 bits per heavy atom. The van der Waals surface area contributed by atoms with Gasteiger partial charge in [-0.25, -0.2) is 0 Å². The molecule has 1 aromatic heterocycles. The van der Waals surface area contributed by atoms with Crippen LogP contribution in [0.4, 0.5) is 0 Å². The van der Waals surface area contributed by atoms with Crippen molar-refractivity contribution in [1.82, 2.24) is 10.3 Å². The lowest BCUT2D eigenvalue weighted by Crippen LogP contribution is -2.35. The second-order valence-electron chi connectivity index (χ2n) is 5.29. The molecule has 0 spiro atoms. The molecule has 0 amide bonds. The van der Waals surface area contributed by atoms with Crippen molar-refractivity contribution in [3.63, 3.8) is 0 Å². The molecule has 1 aliphatic carbocycles. The molecule has 1 aliphatic rings. The highest BCUT2D eigenvalue weighted by Crippen LogP contribution is 2.23. The molecule has 1 aromatic carbocycles. The van der Waals surface area contributed by atoms with Crippen LogP contribution >= 0.6 is 0 Å². The average Bonchev–Trinajstić information content (AvgIpc) is 3.30. The first kappa shape index (κ1) is 13.3. The predicted octanol–water partition coefficient (Wildman–Crippen LogP) is 2.12. The first-order valence-electron chi connectivity index (χ1n) is 7.20. The average molecular weight is 272 g/mol. The quantitative estimate of drug-likeness (QED) is 0.810. The zero-order valence-electron chi connectivity index (χ0n) is 11.5. The maximum absolute atomic E-state index is 9.34. The van der Waals surface area contributed by atoms with Crippen LogP contribution in [0.15, 0.2) is 36.5 Å². The Kier molecular flexibility index (Phi) is 4.14. The van der Waals surface area contributed by atoms with E-state index in [9.17, 15) is 5.11 Å². The lowest BCUT2D eigenvalue weighted by molar-refractivity contribution is 0.208. The van der Waals surface area contributed by atoms with Crippen LogP contribution in [-0.4, -0.2) is 35.4 Å². The summed E-state index contributed by atoms with van der Waals surface area (Å²) in [5.74, 6) is 0.811. The number of aliphatic hydroxyl groups is 1. The number of nitrogens with one attached hydrogen (secondary N) is 1. The fourth-order valence-electron chi connectivity index (χ4n) is 2.31. The molecule has 1 unspecified atom stereocenters. The van der Waals surface area contributed by atoms with E-state index in [4.69, 9.17) is 4.74 Å². The third-order valence-electron chi connectivity index (χ3n) is 3.59. The van der Waals surface area contributed by atoms with E-state index in [1.165, 1.54) is 12.8 Å². The number of nitrogens with zero attached hydrogens (tertiary/aromatic N) is 1. The fourth-order valence-corrected chi connectivity index (χ4v) is 2.31. The van der Waals surface area contributed by atoms with Gasteiger partial charge in [0.05, 0.1) is 13.2 Å². The summed E-state index contributed by atoms with van der Waals surface area (Å²) in [5.41, 5.74) is 0.894. The molecule has 1 fully saturated rings. The standard InChI is InChI=1S/C16H20N2O2/c19-11-14(18-13-6-7-13)8-10-20-15-5-1-3-12-4-2-9-17-16(12)15/h1-5,9,13-14,18-19H,6-8,10-11H2. The number of aromatic nitrogens is 1. The van der Waals surface area contributed by atoms with Crippen molar-refractivity contribution >= 4 is 10.9 Å². The monoisotopic (exact) mass is 272 g/mol. The van der Waals surface area contributed by atoms with Gasteiger partial charge in [0.1, 0.15) is 11.3 Å². The van der Waals surface area contributed by atoms with Gasteiger partial charge in [-0.1, -0.05) is 18.2 Å². The Hall–Kier alpha value is -1.65. The number of para-hydroxylation sites is 1. The van der Waals surface area contributed by atoms with E-state index in [0.717, 1.165) is 23.1 Å². The van der Waals surface area contributed by atoms with E-state index in [-0.39, 0.29) is 12.6 Å². The van der Waals surface area contributed by atoms with Crippen molar-refractivity contribution in [3.8, 4) is 5.75 Å². The molecule has 4 nitrogen and oxygen atoms in total. The predicted molar refractivity (Wildman–Crippen MR) is 78.9 cm³/mol. The van der Waals surface area contributed by atoms with Crippen LogP contribution in [0, 0.1) is 0 Å². The lowest BCUT2D eigenvalue weighted by Gasteiger charge is -2.16. The van der Waals surface area contributed by atoms with E-state index < -0.39 is 0 Å². The number of fused-ring (bicyclic) bond motifs is 1. The Morgan fingerprint density at radius 3 is 2.95 bits per heavy atom. The molecule has 4 heteroatoms. The van der Waals surface area contributed by atoms with Gasteiger partial charge in [-0.15, -0.1) is 0 Å². The molecule has 106 valence electrons. The number of pyridine rings is 1. The summed E-state index contributed by atoms with van der Waals surface area (Å²) >= 11 is 0. The van der Waals surface area contributed by atoms with Gasteiger partial charge < -0.3 is 15.2 Å². The third-order valence-corrected chi connectivity index (χ3v) is 3.59. The van der Waals surface area contributed by atoms with E-state index in [2.05, 4.69) is 10.3 Å². The smallest absolute Gasteiger partial charge is 0.145 e. The molecular formula is C16H20N2O2. The minimum atomic E-state index is 0.130.